The Kier molecular flexibility index (Phi) is 10.8. The maximum atomic E-state index is 13.7. The molecule has 46 heavy (non-hydrogen) atoms. The normalized spacial score (nSPS) is 15.5. The highest BCUT2D eigenvalue weighted by Crippen LogP contribution is 2.16. The van der Waals surface area contributed by atoms with Gasteiger partial charge in [0.15, 0.2) is 0 Å². The summed E-state index contributed by atoms with van der Waals surface area (Å²) in [6.45, 7) is 5.53. The molecule has 1 unspecified atom stereocenters. The number of hydrogen-bond donors (Lipinski definition) is 2. The summed E-state index contributed by atoms with van der Waals surface area (Å²) in [6, 6.07) is 15.8. The van der Waals surface area contributed by atoms with E-state index in [1.807, 2.05) is 62.8 Å². The largest absolute Gasteiger partial charge is 0.390 e. The number of aliphatic hydroxyl groups excluding tert-OH is 1. The topological polar surface area (TPSA) is 128 Å². The monoisotopic (exact) mass is 640 g/mol. The zero-order valence-electron chi connectivity index (χ0n) is 26.6. The molecule has 1 aliphatic heterocycles. The van der Waals surface area contributed by atoms with Crippen LogP contribution >= 0.6 is 11.3 Å². The van der Waals surface area contributed by atoms with Crippen LogP contribution in [0.1, 0.15) is 49.5 Å². The zero-order chi connectivity index (χ0) is 32.6. The number of carbonyl (C=O) groups is 2. The molecule has 2 aromatic carbocycles. The van der Waals surface area contributed by atoms with Crippen LogP contribution in [-0.4, -0.2) is 91.9 Å². The van der Waals surface area contributed by atoms with Crippen LogP contribution in [0.4, 0.5) is 0 Å². The third-order valence-electron chi connectivity index (χ3n) is 7.62. The second kappa shape index (κ2) is 15.2. The molecule has 5 rings (SSSR count). The van der Waals surface area contributed by atoms with Gasteiger partial charge in [0.2, 0.25) is 0 Å². The van der Waals surface area contributed by atoms with E-state index in [0.717, 1.165) is 27.5 Å². The molecule has 1 aliphatic rings. The molecule has 11 nitrogen and oxygen atoms in total. The molecule has 240 valence electrons. The molecule has 0 spiro atoms. The molecule has 0 fully saturated rings. The van der Waals surface area contributed by atoms with Crippen molar-refractivity contribution in [1.29, 1.82) is 0 Å². The molecule has 12 heteroatoms. The van der Waals surface area contributed by atoms with E-state index >= 15 is 0 Å². The maximum Gasteiger partial charge on any atom is 0.253 e. The molecule has 0 radical (unpaired) electrons. The molecule has 2 amide bonds. The van der Waals surface area contributed by atoms with E-state index < -0.39 is 12.1 Å². The number of aromatic nitrogens is 3. The Hall–Kier alpha value is -4.52. The molecule has 4 aromatic rings. The summed E-state index contributed by atoms with van der Waals surface area (Å²) in [5.74, 6) is -0.574. The Labute approximate surface area is 273 Å². The molecule has 3 atom stereocenters. The molecule has 0 bridgehead atoms. The predicted molar refractivity (Wildman–Crippen MR) is 180 cm³/mol. The van der Waals surface area contributed by atoms with E-state index in [9.17, 15) is 14.7 Å². The van der Waals surface area contributed by atoms with Gasteiger partial charge < -0.3 is 15.3 Å². The smallest absolute Gasteiger partial charge is 0.253 e. The van der Waals surface area contributed by atoms with Gasteiger partial charge in [0.25, 0.3) is 11.8 Å². The summed E-state index contributed by atoms with van der Waals surface area (Å²) in [7, 11) is 3.59. The fourth-order valence-electron chi connectivity index (χ4n) is 5.37. The first-order chi connectivity index (χ1) is 22.1. The number of benzene rings is 2. The summed E-state index contributed by atoms with van der Waals surface area (Å²) in [5.41, 5.74) is 4.48. The Morgan fingerprint density at radius 1 is 1.07 bits per heavy atom. The lowest BCUT2D eigenvalue weighted by Crippen LogP contribution is -2.50. The van der Waals surface area contributed by atoms with Gasteiger partial charge >= 0.3 is 0 Å². The van der Waals surface area contributed by atoms with Gasteiger partial charge in [-0.3, -0.25) is 29.2 Å². The van der Waals surface area contributed by atoms with Crippen LogP contribution in [0.25, 0.3) is 0 Å². The molecule has 0 saturated carbocycles. The minimum atomic E-state index is -0.921. The fraction of sp³-hybridized carbons (Fsp3) is 0.353. The minimum Gasteiger partial charge on any atom is -0.390 e. The van der Waals surface area contributed by atoms with Gasteiger partial charge in [-0.15, -0.1) is 11.3 Å². The molecule has 0 aliphatic carbocycles. The van der Waals surface area contributed by atoms with Gasteiger partial charge in [-0.2, -0.15) is 5.10 Å². The zero-order valence-corrected chi connectivity index (χ0v) is 27.4. The standard InChI is InChI=1S/C34H40N8O3S/c1-23-22-46-32(37-23)21-40(3)34(45)28-12-8-11-27(14-28)33(44)39-30(13-25-9-6-5-7-10-25)31(43)20-42(18-26-15-36-41(4)17-26)19-29-16-35-24(2)38-29/h5-12,14-17,22,24,30-31,43H,13,18-21H2,1-4H3,(H,39,44)/t24?,30-,31+/m0/s1. The van der Waals surface area contributed by atoms with Crippen molar-refractivity contribution in [2.75, 3.05) is 20.1 Å². The van der Waals surface area contributed by atoms with E-state index in [-0.39, 0.29) is 24.5 Å². The lowest BCUT2D eigenvalue weighted by molar-refractivity contribution is 0.0693. The summed E-state index contributed by atoms with van der Waals surface area (Å²) >= 11 is 1.51. The lowest BCUT2D eigenvalue weighted by Gasteiger charge is -2.30. The Morgan fingerprint density at radius 3 is 2.52 bits per heavy atom. The highest BCUT2D eigenvalue weighted by atomic mass is 32.1. The number of carbonyl (C=O) groups excluding carboxylic acids is 2. The second-order valence-corrected chi connectivity index (χ2v) is 12.6. The Bertz CT molecular complexity index is 1700. The van der Waals surface area contributed by atoms with Crippen LogP contribution in [0.3, 0.4) is 0 Å². The summed E-state index contributed by atoms with van der Waals surface area (Å²) < 4.78 is 1.75. The number of nitrogens with one attached hydrogen (secondary N) is 1. The van der Waals surface area contributed by atoms with Crippen LogP contribution in [-0.2, 0) is 26.6 Å². The van der Waals surface area contributed by atoms with E-state index in [4.69, 9.17) is 0 Å². The van der Waals surface area contributed by atoms with Crippen LogP contribution in [0, 0.1) is 6.92 Å². The van der Waals surface area contributed by atoms with E-state index in [0.29, 0.717) is 37.2 Å². The number of aliphatic imine (C=N–C) groups is 2. The first-order valence-corrected chi connectivity index (χ1v) is 16.1. The molecular weight excluding hydrogens is 600 g/mol. The van der Waals surface area contributed by atoms with Gasteiger partial charge in [0, 0.05) is 73.9 Å². The van der Waals surface area contributed by atoms with E-state index in [1.54, 1.807) is 53.3 Å². The van der Waals surface area contributed by atoms with Crippen molar-refractivity contribution < 1.29 is 14.7 Å². The first-order valence-electron chi connectivity index (χ1n) is 15.2. The molecule has 2 N–H and O–H groups in total. The van der Waals surface area contributed by atoms with Crippen molar-refractivity contribution in [1.82, 2.24) is 29.9 Å². The van der Waals surface area contributed by atoms with Crippen LogP contribution in [0.5, 0.6) is 0 Å². The molecular formula is C34H40N8O3S. The highest BCUT2D eigenvalue weighted by Gasteiger charge is 2.26. The number of amides is 2. The summed E-state index contributed by atoms with van der Waals surface area (Å²) in [4.78, 5) is 44.0. The van der Waals surface area contributed by atoms with Crippen LogP contribution in [0.15, 0.2) is 82.4 Å². The van der Waals surface area contributed by atoms with Gasteiger partial charge in [-0.25, -0.2) is 4.98 Å². The van der Waals surface area contributed by atoms with E-state index in [1.165, 1.54) is 11.3 Å². The van der Waals surface area contributed by atoms with Crippen molar-refractivity contribution in [3.8, 4) is 0 Å². The highest BCUT2D eigenvalue weighted by molar-refractivity contribution is 7.09. The molecule has 3 heterocycles. The molecule has 0 saturated heterocycles. The van der Waals surface area contributed by atoms with Gasteiger partial charge in [0.1, 0.15) is 11.2 Å². The number of aryl methyl sites for hydroxylation is 2. The number of aliphatic hydroxyl groups is 1. The summed E-state index contributed by atoms with van der Waals surface area (Å²) in [6.07, 6.45) is 4.90. The minimum absolute atomic E-state index is 0.121. The van der Waals surface area contributed by atoms with Crippen molar-refractivity contribution >= 4 is 35.1 Å². The number of hydrogen-bond acceptors (Lipinski definition) is 9. The average Bonchev–Trinajstić information content (AvgIpc) is 3.77. The number of thiazole rings is 1. The maximum absolute atomic E-state index is 13.7. The fourth-order valence-corrected chi connectivity index (χ4v) is 6.19. The Balaban J connectivity index is 1.32. The quantitative estimate of drug-likeness (QED) is 0.217. The van der Waals surface area contributed by atoms with Gasteiger partial charge in [0.05, 0.1) is 30.6 Å². The van der Waals surface area contributed by atoms with Crippen molar-refractivity contribution in [3.63, 3.8) is 0 Å². The van der Waals surface area contributed by atoms with Crippen molar-refractivity contribution in [2.45, 2.75) is 51.7 Å². The second-order valence-electron chi connectivity index (χ2n) is 11.7. The average molecular weight is 641 g/mol. The SMILES string of the molecule is Cc1csc(CN(C)C(=O)c2cccc(C(=O)N[C@@H](Cc3ccccc3)[C@H](O)CN(CC3=NC(C)N=C3)Cc3cnn(C)c3)c2)n1. The predicted octanol–water partition coefficient (Wildman–Crippen LogP) is 3.53. The van der Waals surface area contributed by atoms with Gasteiger partial charge in [-0.1, -0.05) is 36.4 Å². The third kappa shape index (κ3) is 9.03. The van der Waals surface area contributed by atoms with E-state index in [2.05, 4.69) is 30.3 Å². The number of nitrogens with zero attached hydrogens (tertiary/aromatic N) is 7. The van der Waals surface area contributed by atoms with Crippen LogP contribution < -0.4 is 5.32 Å². The first kappa shape index (κ1) is 32.9. The summed E-state index contributed by atoms with van der Waals surface area (Å²) in [5, 5.41) is 21.9. The lowest BCUT2D eigenvalue weighted by atomic mass is 9.99. The van der Waals surface area contributed by atoms with Crippen molar-refractivity contribution in [3.05, 3.63) is 105 Å². The third-order valence-corrected chi connectivity index (χ3v) is 8.58. The Morgan fingerprint density at radius 2 is 1.85 bits per heavy atom. The van der Waals surface area contributed by atoms with Crippen molar-refractivity contribution in [2.24, 2.45) is 17.0 Å². The number of rotatable bonds is 14. The molecule has 2 aromatic heterocycles. The van der Waals surface area contributed by atoms with Gasteiger partial charge in [-0.05, 0) is 44.0 Å². The van der Waals surface area contributed by atoms with Crippen LogP contribution in [0.2, 0.25) is 0 Å².